The maximum atomic E-state index is 13.2. The molecule has 1 aliphatic rings. The van der Waals surface area contributed by atoms with Crippen molar-refractivity contribution in [1.82, 2.24) is 10.2 Å². The number of aliphatic hydroxyl groups excluding tert-OH is 2. The van der Waals surface area contributed by atoms with Crippen LogP contribution in [0.2, 0.25) is 0 Å². The number of halogens is 1. The maximum Gasteiger partial charge on any atom is 0.247 e. The molecule has 9 heteroatoms. The number of aliphatic hydroxyl groups is 2. The third kappa shape index (κ3) is 6.71. The number of para-hydroxylation sites is 1. The van der Waals surface area contributed by atoms with Crippen molar-refractivity contribution in [2.24, 2.45) is 0 Å². The molecule has 0 aliphatic heterocycles. The molecule has 0 radical (unpaired) electrons. The molecule has 0 fully saturated rings. The van der Waals surface area contributed by atoms with E-state index in [0.29, 0.717) is 11.3 Å². The SMILES string of the molecule is CC(C)=CC(=O)N(Cc1ccoc1)[C@@H]1CC(C(=O)NCCO)=C[C@H](Oc2ccccc2I)[C@H]1O. The predicted octanol–water partition coefficient (Wildman–Crippen LogP) is 2.79. The summed E-state index contributed by atoms with van der Waals surface area (Å²) in [5.74, 6) is -0.0910. The Hall–Kier alpha value is -2.63. The van der Waals surface area contributed by atoms with E-state index in [9.17, 15) is 14.7 Å². The summed E-state index contributed by atoms with van der Waals surface area (Å²) in [4.78, 5) is 27.5. The lowest BCUT2D eigenvalue weighted by Crippen LogP contribution is -2.54. The molecule has 34 heavy (non-hydrogen) atoms. The monoisotopic (exact) mass is 580 g/mol. The van der Waals surface area contributed by atoms with Crippen molar-refractivity contribution in [3.63, 3.8) is 0 Å². The Kier molecular flexibility index (Phi) is 9.31. The van der Waals surface area contributed by atoms with E-state index in [0.717, 1.165) is 14.7 Å². The summed E-state index contributed by atoms with van der Waals surface area (Å²) in [7, 11) is 0. The normalized spacial score (nSPS) is 19.7. The molecule has 2 amide bonds. The largest absolute Gasteiger partial charge is 0.482 e. The van der Waals surface area contributed by atoms with Crippen LogP contribution in [0, 0.1) is 3.57 Å². The first-order valence-electron chi connectivity index (χ1n) is 11.0. The summed E-state index contributed by atoms with van der Waals surface area (Å²) < 4.78 is 12.1. The van der Waals surface area contributed by atoms with Crippen LogP contribution in [0.1, 0.15) is 25.8 Å². The van der Waals surface area contributed by atoms with Crippen LogP contribution in [0.3, 0.4) is 0 Å². The molecule has 1 heterocycles. The first-order chi connectivity index (χ1) is 16.3. The van der Waals surface area contributed by atoms with Crippen molar-refractivity contribution in [3.05, 3.63) is 75.3 Å². The highest BCUT2D eigenvalue weighted by molar-refractivity contribution is 14.1. The van der Waals surface area contributed by atoms with Crippen LogP contribution in [0.5, 0.6) is 5.75 Å². The number of carbonyl (C=O) groups is 2. The number of nitrogens with zero attached hydrogens (tertiary/aromatic N) is 1. The molecule has 0 unspecified atom stereocenters. The first kappa shape index (κ1) is 26.0. The van der Waals surface area contributed by atoms with Crippen LogP contribution in [0.15, 0.2) is 70.6 Å². The second kappa shape index (κ2) is 12.2. The predicted molar refractivity (Wildman–Crippen MR) is 135 cm³/mol. The quantitative estimate of drug-likeness (QED) is 0.311. The van der Waals surface area contributed by atoms with Crippen LogP contribution in [-0.2, 0) is 16.1 Å². The van der Waals surface area contributed by atoms with Gasteiger partial charge in [-0.05, 0) is 60.7 Å². The fourth-order valence-corrected chi connectivity index (χ4v) is 4.25. The van der Waals surface area contributed by atoms with Gasteiger partial charge >= 0.3 is 0 Å². The third-order valence-corrected chi connectivity index (χ3v) is 6.23. The van der Waals surface area contributed by atoms with Crippen LogP contribution < -0.4 is 10.1 Å². The lowest BCUT2D eigenvalue weighted by Gasteiger charge is -2.40. The van der Waals surface area contributed by atoms with Gasteiger partial charge in [-0.2, -0.15) is 0 Å². The molecule has 1 aliphatic carbocycles. The molecule has 0 saturated carbocycles. The second-order valence-electron chi connectivity index (χ2n) is 8.27. The number of rotatable bonds is 9. The number of ether oxygens (including phenoxy) is 1. The summed E-state index contributed by atoms with van der Waals surface area (Å²) in [5.41, 5.74) is 1.95. The number of benzene rings is 1. The van der Waals surface area contributed by atoms with E-state index in [1.807, 2.05) is 32.0 Å². The molecule has 0 spiro atoms. The molecular formula is C25H29IN2O6. The number of furan rings is 1. The number of hydrogen-bond acceptors (Lipinski definition) is 6. The van der Waals surface area contributed by atoms with E-state index in [2.05, 4.69) is 27.9 Å². The maximum absolute atomic E-state index is 13.2. The van der Waals surface area contributed by atoms with E-state index < -0.39 is 18.2 Å². The van der Waals surface area contributed by atoms with Crippen molar-refractivity contribution >= 4 is 34.4 Å². The number of allylic oxidation sites excluding steroid dienone is 1. The van der Waals surface area contributed by atoms with Gasteiger partial charge in [0, 0.05) is 36.7 Å². The van der Waals surface area contributed by atoms with Crippen LogP contribution in [-0.4, -0.2) is 58.3 Å². The average molecular weight is 580 g/mol. The standard InChI is InChI=1S/C25H29IN2O6/c1-16(2)11-23(30)28(14-17-7-10-33-15-17)20-12-18(25(32)27-8-9-29)13-22(24(20)31)34-21-6-4-3-5-19(21)26/h3-7,10-11,13,15,20,22,24,29,31H,8-9,12,14H2,1-2H3,(H,27,32)/t20-,22+,24+/m1/s1. The number of hydrogen-bond donors (Lipinski definition) is 3. The topological polar surface area (TPSA) is 112 Å². The van der Waals surface area contributed by atoms with Gasteiger partial charge in [-0.15, -0.1) is 0 Å². The number of carbonyl (C=O) groups excluding carboxylic acids is 2. The van der Waals surface area contributed by atoms with Crippen LogP contribution >= 0.6 is 22.6 Å². The van der Waals surface area contributed by atoms with Gasteiger partial charge in [0.05, 0.1) is 28.7 Å². The molecule has 0 bridgehead atoms. The van der Waals surface area contributed by atoms with E-state index in [1.54, 1.807) is 29.4 Å². The Morgan fingerprint density at radius 3 is 2.71 bits per heavy atom. The van der Waals surface area contributed by atoms with Gasteiger partial charge in [0.1, 0.15) is 18.0 Å². The van der Waals surface area contributed by atoms with Gasteiger partial charge in [0.2, 0.25) is 11.8 Å². The summed E-state index contributed by atoms with van der Waals surface area (Å²) in [6.45, 7) is 3.74. The van der Waals surface area contributed by atoms with E-state index in [1.165, 1.54) is 12.3 Å². The van der Waals surface area contributed by atoms with Crippen molar-refractivity contribution < 1.29 is 29.0 Å². The average Bonchev–Trinajstić information content (AvgIpc) is 3.31. The minimum atomic E-state index is -1.09. The molecule has 1 aromatic carbocycles. The van der Waals surface area contributed by atoms with Gasteiger partial charge in [-0.3, -0.25) is 9.59 Å². The minimum absolute atomic E-state index is 0.0981. The summed E-state index contributed by atoms with van der Waals surface area (Å²) in [6, 6.07) is 8.39. The second-order valence-corrected chi connectivity index (χ2v) is 9.43. The highest BCUT2D eigenvalue weighted by Gasteiger charge is 2.40. The summed E-state index contributed by atoms with van der Waals surface area (Å²) in [5, 5.41) is 23.1. The number of nitrogens with one attached hydrogen (secondary N) is 1. The van der Waals surface area contributed by atoms with E-state index >= 15 is 0 Å². The third-order valence-electron chi connectivity index (χ3n) is 5.34. The highest BCUT2D eigenvalue weighted by atomic mass is 127. The zero-order valence-corrected chi connectivity index (χ0v) is 21.3. The van der Waals surface area contributed by atoms with Gasteiger partial charge < -0.3 is 29.6 Å². The van der Waals surface area contributed by atoms with Gasteiger partial charge in [-0.25, -0.2) is 0 Å². The minimum Gasteiger partial charge on any atom is -0.482 e. The van der Waals surface area contributed by atoms with Gasteiger partial charge in [-0.1, -0.05) is 17.7 Å². The fourth-order valence-electron chi connectivity index (χ4n) is 3.73. The number of amides is 2. The Balaban J connectivity index is 1.98. The molecule has 3 atom stereocenters. The summed E-state index contributed by atoms with van der Waals surface area (Å²) in [6.07, 6.45) is 4.34. The Morgan fingerprint density at radius 1 is 1.29 bits per heavy atom. The summed E-state index contributed by atoms with van der Waals surface area (Å²) >= 11 is 2.14. The van der Waals surface area contributed by atoms with E-state index in [-0.39, 0.29) is 37.9 Å². The molecule has 3 N–H and O–H groups in total. The van der Waals surface area contributed by atoms with Crippen molar-refractivity contribution in [2.45, 2.75) is 45.1 Å². The fraction of sp³-hybridized carbons (Fsp3) is 0.360. The lowest BCUT2D eigenvalue weighted by molar-refractivity contribution is -0.134. The molecule has 2 aromatic rings. The van der Waals surface area contributed by atoms with Crippen LogP contribution in [0.4, 0.5) is 0 Å². The lowest BCUT2D eigenvalue weighted by atomic mass is 9.88. The molecule has 8 nitrogen and oxygen atoms in total. The van der Waals surface area contributed by atoms with Gasteiger partial charge in [0.15, 0.2) is 0 Å². The zero-order valence-electron chi connectivity index (χ0n) is 19.1. The molecule has 1 aromatic heterocycles. The zero-order chi connectivity index (χ0) is 24.7. The smallest absolute Gasteiger partial charge is 0.247 e. The molecule has 182 valence electrons. The van der Waals surface area contributed by atoms with Crippen molar-refractivity contribution in [2.75, 3.05) is 13.2 Å². The molecular weight excluding hydrogens is 551 g/mol. The van der Waals surface area contributed by atoms with Crippen molar-refractivity contribution in [3.8, 4) is 5.75 Å². The Morgan fingerprint density at radius 2 is 2.06 bits per heavy atom. The Labute approximate surface area is 212 Å². The Bertz CT molecular complexity index is 1050. The van der Waals surface area contributed by atoms with Crippen LogP contribution in [0.25, 0.3) is 0 Å². The molecule has 3 rings (SSSR count). The molecule has 0 saturated heterocycles. The first-order valence-corrected chi connectivity index (χ1v) is 12.0. The van der Waals surface area contributed by atoms with Crippen molar-refractivity contribution in [1.29, 1.82) is 0 Å². The van der Waals surface area contributed by atoms with Gasteiger partial charge in [0.25, 0.3) is 0 Å². The van der Waals surface area contributed by atoms with E-state index in [4.69, 9.17) is 14.3 Å². The highest BCUT2D eigenvalue weighted by Crippen LogP contribution is 2.30.